The fourth-order valence-electron chi connectivity index (χ4n) is 1.59. The molecule has 0 bridgehead atoms. The fraction of sp³-hybridized carbons (Fsp3) is 0.357. The smallest absolute Gasteiger partial charge is 0.269 e. The van der Waals surface area contributed by atoms with Gasteiger partial charge in [-0.05, 0) is 38.5 Å². The molecule has 0 radical (unpaired) electrons. The molecule has 0 unspecified atom stereocenters. The van der Waals surface area contributed by atoms with Gasteiger partial charge in [-0.1, -0.05) is 0 Å². The maximum atomic E-state index is 11.5. The number of nitrogens with zero attached hydrogens (tertiary/aromatic N) is 2. The zero-order valence-electron chi connectivity index (χ0n) is 12.6. The Morgan fingerprint density at radius 2 is 1.82 bits per heavy atom. The fourth-order valence-corrected chi connectivity index (χ4v) is 1.59. The first-order valence-corrected chi connectivity index (χ1v) is 6.67. The lowest BCUT2D eigenvalue weighted by atomic mass is 10.1. The summed E-state index contributed by atoms with van der Waals surface area (Å²) in [5.74, 6) is -0.907. The SMILES string of the molecule is CC(=NNC(=O)CC(=O)NC(C)C)c1ccc([N+](=O)[O-])cc1. The van der Waals surface area contributed by atoms with Crippen LogP contribution in [0.2, 0.25) is 0 Å². The Kier molecular flexibility index (Phi) is 6.18. The number of benzene rings is 1. The summed E-state index contributed by atoms with van der Waals surface area (Å²) in [5.41, 5.74) is 3.37. The van der Waals surface area contributed by atoms with Crippen LogP contribution in [0.15, 0.2) is 29.4 Å². The molecule has 0 aliphatic rings. The van der Waals surface area contributed by atoms with Crippen molar-refractivity contribution < 1.29 is 14.5 Å². The second-order valence-electron chi connectivity index (χ2n) is 4.94. The number of carbonyl (C=O) groups is 2. The van der Waals surface area contributed by atoms with Crippen LogP contribution in [0.5, 0.6) is 0 Å². The number of carbonyl (C=O) groups excluding carboxylic acids is 2. The number of rotatable bonds is 6. The van der Waals surface area contributed by atoms with Crippen molar-refractivity contribution in [1.82, 2.24) is 10.7 Å². The van der Waals surface area contributed by atoms with Gasteiger partial charge in [0.2, 0.25) is 11.8 Å². The highest BCUT2D eigenvalue weighted by Gasteiger charge is 2.10. The van der Waals surface area contributed by atoms with Gasteiger partial charge in [-0.2, -0.15) is 5.10 Å². The molecule has 0 heterocycles. The van der Waals surface area contributed by atoms with E-state index < -0.39 is 10.8 Å². The molecule has 1 aromatic rings. The Morgan fingerprint density at radius 1 is 1.23 bits per heavy atom. The van der Waals surface area contributed by atoms with Crippen molar-refractivity contribution in [3.8, 4) is 0 Å². The normalized spacial score (nSPS) is 11.2. The first kappa shape index (κ1) is 17.3. The molecule has 0 aromatic heterocycles. The lowest BCUT2D eigenvalue weighted by Crippen LogP contribution is -2.34. The molecule has 0 aliphatic heterocycles. The molecule has 2 amide bonds. The van der Waals surface area contributed by atoms with Crippen LogP contribution in [0, 0.1) is 10.1 Å². The Morgan fingerprint density at radius 3 is 2.32 bits per heavy atom. The summed E-state index contributed by atoms with van der Waals surface area (Å²) >= 11 is 0. The van der Waals surface area contributed by atoms with Crippen molar-refractivity contribution in [1.29, 1.82) is 0 Å². The molecule has 118 valence electrons. The first-order chi connectivity index (χ1) is 10.3. The lowest BCUT2D eigenvalue weighted by Gasteiger charge is -2.07. The third kappa shape index (κ3) is 5.70. The third-order valence-corrected chi connectivity index (χ3v) is 2.61. The van der Waals surface area contributed by atoms with Gasteiger partial charge in [0.15, 0.2) is 0 Å². The summed E-state index contributed by atoms with van der Waals surface area (Å²) in [5, 5.41) is 17.0. The summed E-state index contributed by atoms with van der Waals surface area (Å²) in [6.45, 7) is 5.25. The monoisotopic (exact) mass is 306 g/mol. The highest BCUT2D eigenvalue weighted by molar-refractivity contribution is 6.01. The van der Waals surface area contributed by atoms with Gasteiger partial charge in [0.25, 0.3) is 5.69 Å². The van der Waals surface area contributed by atoms with Crippen molar-refractivity contribution in [3.05, 3.63) is 39.9 Å². The molecule has 0 spiro atoms. The van der Waals surface area contributed by atoms with Gasteiger partial charge in [0.1, 0.15) is 6.42 Å². The van der Waals surface area contributed by atoms with Crippen molar-refractivity contribution in [2.45, 2.75) is 33.2 Å². The molecule has 8 nitrogen and oxygen atoms in total. The highest BCUT2D eigenvalue weighted by atomic mass is 16.6. The predicted molar refractivity (Wildman–Crippen MR) is 81.3 cm³/mol. The van der Waals surface area contributed by atoms with Crippen LogP contribution in [0.3, 0.4) is 0 Å². The van der Waals surface area contributed by atoms with Gasteiger partial charge in [0, 0.05) is 18.2 Å². The van der Waals surface area contributed by atoms with Crippen molar-refractivity contribution in [2.75, 3.05) is 0 Å². The van der Waals surface area contributed by atoms with E-state index in [1.54, 1.807) is 20.8 Å². The molecule has 1 aromatic carbocycles. The van der Waals surface area contributed by atoms with Gasteiger partial charge < -0.3 is 5.32 Å². The minimum Gasteiger partial charge on any atom is -0.353 e. The minimum absolute atomic E-state index is 0.0223. The number of nitrogens with one attached hydrogen (secondary N) is 2. The topological polar surface area (TPSA) is 114 Å². The molecule has 0 saturated carbocycles. The van der Waals surface area contributed by atoms with Crippen molar-refractivity contribution in [2.24, 2.45) is 5.10 Å². The lowest BCUT2D eigenvalue weighted by molar-refractivity contribution is -0.384. The third-order valence-electron chi connectivity index (χ3n) is 2.61. The second-order valence-corrected chi connectivity index (χ2v) is 4.94. The summed E-state index contributed by atoms with van der Waals surface area (Å²) in [7, 11) is 0. The van der Waals surface area contributed by atoms with Crippen LogP contribution >= 0.6 is 0 Å². The number of hydrazone groups is 1. The average Bonchev–Trinajstić information content (AvgIpc) is 2.43. The highest BCUT2D eigenvalue weighted by Crippen LogP contribution is 2.12. The van der Waals surface area contributed by atoms with Crippen molar-refractivity contribution >= 4 is 23.2 Å². The summed E-state index contributed by atoms with van der Waals surface area (Å²) in [6.07, 6.45) is -0.310. The van der Waals surface area contributed by atoms with E-state index >= 15 is 0 Å². The largest absolute Gasteiger partial charge is 0.353 e. The molecular formula is C14H18N4O4. The Bertz CT molecular complexity index is 593. The van der Waals surface area contributed by atoms with Gasteiger partial charge in [0.05, 0.1) is 10.6 Å². The summed E-state index contributed by atoms with van der Waals surface area (Å²) in [4.78, 5) is 33.0. The molecular weight excluding hydrogens is 288 g/mol. The second kappa shape index (κ2) is 7.87. The quantitative estimate of drug-likeness (QED) is 0.357. The molecule has 0 aliphatic carbocycles. The van der Waals surface area contributed by atoms with Crippen molar-refractivity contribution in [3.63, 3.8) is 0 Å². The molecule has 0 fully saturated rings. The van der Waals surface area contributed by atoms with E-state index in [0.717, 1.165) is 0 Å². The number of nitro groups is 1. The summed E-state index contributed by atoms with van der Waals surface area (Å²) in [6, 6.07) is 5.74. The van der Waals surface area contributed by atoms with E-state index in [-0.39, 0.29) is 24.1 Å². The number of nitro benzene ring substituents is 1. The van der Waals surface area contributed by atoms with E-state index in [9.17, 15) is 19.7 Å². The number of amides is 2. The van der Waals surface area contributed by atoms with E-state index in [1.165, 1.54) is 24.3 Å². The van der Waals surface area contributed by atoms with Gasteiger partial charge in [-0.15, -0.1) is 0 Å². The molecule has 0 atom stereocenters. The number of hydrogen-bond donors (Lipinski definition) is 2. The maximum Gasteiger partial charge on any atom is 0.269 e. The molecule has 1 rings (SSSR count). The standard InChI is InChI=1S/C14H18N4O4/c1-9(2)15-13(19)8-14(20)17-16-10(3)11-4-6-12(7-5-11)18(21)22/h4-7,9H,8H2,1-3H3,(H,15,19)(H,17,20). The van der Waals surface area contributed by atoms with Crippen LogP contribution in [0.25, 0.3) is 0 Å². The molecule has 2 N–H and O–H groups in total. The van der Waals surface area contributed by atoms with Crippen LogP contribution in [0.1, 0.15) is 32.8 Å². The number of hydrogen-bond acceptors (Lipinski definition) is 5. The van der Waals surface area contributed by atoms with Gasteiger partial charge in [-0.25, -0.2) is 5.43 Å². The van der Waals surface area contributed by atoms with Crippen LogP contribution in [-0.2, 0) is 9.59 Å². The van der Waals surface area contributed by atoms with E-state index in [1.807, 2.05) is 0 Å². The van der Waals surface area contributed by atoms with Gasteiger partial charge >= 0.3 is 0 Å². The molecule has 0 saturated heterocycles. The van der Waals surface area contributed by atoms with E-state index in [0.29, 0.717) is 11.3 Å². The van der Waals surface area contributed by atoms with Gasteiger partial charge in [-0.3, -0.25) is 19.7 Å². The van der Waals surface area contributed by atoms with E-state index in [4.69, 9.17) is 0 Å². The average molecular weight is 306 g/mol. The zero-order valence-corrected chi connectivity index (χ0v) is 12.6. The van der Waals surface area contributed by atoms with Crippen LogP contribution in [0.4, 0.5) is 5.69 Å². The number of non-ortho nitro benzene ring substituents is 1. The zero-order chi connectivity index (χ0) is 16.7. The maximum absolute atomic E-state index is 11.5. The van der Waals surface area contributed by atoms with E-state index in [2.05, 4.69) is 15.8 Å². The van der Waals surface area contributed by atoms with Crippen LogP contribution in [-0.4, -0.2) is 28.5 Å². The van der Waals surface area contributed by atoms with Crippen LogP contribution < -0.4 is 10.7 Å². The predicted octanol–water partition coefficient (Wildman–Crippen LogP) is 1.35. The molecule has 8 heteroatoms. The first-order valence-electron chi connectivity index (χ1n) is 6.67. The summed E-state index contributed by atoms with van der Waals surface area (Å²) < 4.78 is 0. The Balaban J connectivity index is 2.59. The Labute approximate surface area is 127 Å². The molecule has 22 heavy (non-hydrogen) atoms. The minimum atomic E-state index is -0.528. The Hall–Kier alpha value is -2.77.